The van der Waals surface area contributed by atoms with Crippen molar-refractivity contribution in [1.82, 2.24) is 9.97 Å². The first-order chi connectivity index (χ1) is 14.7. The molecule has 2 unspecified atom stereocenters. The molecule has 1 aliphatic rings. The molecule has 1 aliphatic carbocycles. The van der Waals surface area contributed by atoms with Gasteiger partial charge in [0.2, 0.25) is 0 Å². The third kappa shape index (κ3) is 5.12. The molecule has 1 heterocycles. The number of nitrogens with zero attached hydrogens (tertiary/aromatic N) is 3. The molecule has 3 aromatic rings. The predicted molar refractivity (Wildman–Crippen MR) is 123 cm³/mol. The lowest BCUT2D eigenvalue weighted by Crippen LogP contribution is -2.13. The Kier molecular flexibility index (Phi) is 5.83. The van der Waals surface area contributed by atoms with Crippen molar-refractivity contribution in [3.05, 3.63) is 48.0 Å². The van der Waals surface area contributed by atoms with Gasteiger partial charge in [-0.15, -0.1) is 0 Å². The van der Waals surface area contributed by atoms with Crippen LogP contribution in [0.5, 0.6) is 5.75 Å². The number of hydrogen-bond donors (Lipinski definition) is 1. The summed E-state index contributed by atoms with van der Waals surface area (Å²) in [6, 6.07) is 8.14. The Morgan fingerprint density at radius 3 is 2.71 bits per heavy atom. The number of anilines is 2. The predicted octanol–water partition coefficient (Wildman–Crippen LogP) is 5.75. The molecule has 0 amide bonds. The van der Waals surface area contributed by atoms with Crippen molar-refractivity contribution in [2.45, 2.75) is 39.2 Å². The second-order valence-electron chi connectivity index (χ2n) is 8.58. The van der Waals surface area contributed by atoms with Gasteiger partial charge in [0.25, 0.3) is 0 Å². The first-order valence-electron chi connectivity index (χ1n) is 10.3. The van der Waals surface area contributed by atoms with Gasteiger partial charge in [-0.3, -0.25) is 0 Å². The molecule has 164 valence electrons. The van der Waals surface area contributed by atoms with Crippen LogP contribution in [0.2, 0.25) is 0 Å². The van der Waals surface area contributed by atoms with Gasteiger partial charge < -0.3 is 10.1 Å². The van der Waals surface area contributed by atoms with Crippen molar-refractivity contribution in [2.75, 3.05) is 17.8 Å². The van der Waals surface area contributed by atoms with Gasteiger partial charge in [-0.25, -0.2) is 18.6 Å². The first-order valence-corrected chi connectivity index (χ1v) is 12.7. The van der Waals surface area contributed by atoms with E-state index in [-0.39, 0.29) is 11.9 Å². The highest BCUT2D eigenvalue weighted by atomic mass is 32.2. The van der Waals surface area contributed by atoms with Crippen molar-refractivity contribution in [3.63, 3.8) is 0 Å². The summed E-state index contributed by atoms with van der Waals surface area (Å²) in [7, 11) is -2.28. The second-order valence-corrected chi connectivity index (χ2v) is 11.1. The van der Waals surface area contributed by atoms with Crippen LogP contribution in [0.25, 0.3) is 10.9 Å². The summed E-state index contributed by atoms with van der Waals surface area (Å²) in [4.78, 5) is 8.78. The number of halogens is 1. The molecular formula is C23H27FN4O2S. The zero-order chi connectivity index (χ0) is 22.2. The van der Waals surface area contributed by atoms with Crippen molar-refractivity contribution in [2.24, 2.45) is 10.3 Å². The molecule has 2 atom stereocenters. The van der Waals surface area contributed by atoms with E-state index in [2.05, 4.69) is 26.6 Å². The van der Waals surface area contributed by atoms with Crippen LogP contribution in [0, 0.1) is 18.7 Å². The Balaban J connectivity index is 1.71. The van der Waals surface area contributed by atoms with Crippen molar-refractivity contribution in [1.29, 1.82) is 0 Å². The number of aromatic nitrogens is 2. The Bertz CT molecular complexity index is 1250. The van der Waals surface area contributed by atoms with Crippen molar-refractivity contribution >= 4 is 37.8 Å². The molecule has 1 fully saturated rings. The van der Waals surface area contributed by atoms with E-state index in [0.717, 1.165) is 30.2 Å². The highest BCUT2D eigenvalue weighted by molar-refractivity contribution is 7.92. The average molecular weight is 443 g/mol. The summed E-state index contributed by atoms with van der Waals surface area (Å²) >= 11 is 0. The Hall–Kier alpha value is -2.74. The number of fused-ring (bicyclic) bond motifs is 1. The summed E-state index contributed by atoms with van der Waals surface area (Å²) in [5.41, 5.74) is 2.86. The third-order valence-corrected chi connectivity index (χ3v) is 6.03. The van der Waals surface area contributed by atoms with Crippen molar-refractivity contribution in [3.8, 4) is 5.75 Å². The fraction of sp³-hybridized carbons (Fsp3) is 0.391. The van der Waals surface area contributed by atoms with E-state index in [0.29, 0.717) is 34.4 Å². The number of benzene rings is 2. The molecule has 1 saturated carbocycles. The fourth-order valence-electron chi connectivity index (χ4n) is 4.04. The SMILES string of the molecule is Cc1cc(N=S(C)(C)=O)cc2ncnc(Nc3ccc(F)cc3OC3CCC(C)C3)c12. The number of aryl methyl sites for hydroxylation is 1. The maximum Gasteiger partial charge on any atom is 0.146 e. The van der Waals surface area contributed by atoms with Crippen LogP contribution >= 0.6 is 0 Å². The lowest BCUT2D eigenvalue weighted by Gasteiger charge is -2.18. The smallest absolute Gasteiger partial charge is 0.146 e. The molecule has 0 radical (unpaired) electrons. The number of rotatable bonds is 5. The number of ether oxygens (including phenoxy) is 1. The van der Waals surface area contributed by atoms with Crippen LogP contribution in [0.3, 0.4) is 0 Å². The summed E-state index contributed by atoms with van der Waals surface area (Å²) in [6.45, 7) is 4.14. The molecular weight excluding hydrogens is 415 g/mol. The van der Waals surface area contributed by atoms with E-state index in [4.69, 9.17) is 4.74 Å². The maximum absolute atomic E-state index is 14.0. The van der Waals surface area contributed by atoms with E-state index in [1.54, 1.807) is 24.6 Å². The number of nitrogens with one attached hydrogen (secondary N) is 1. The summed E-state index contributed by atoms with van der Waals surface area (Å²) < 4.78 is 36.5. The molecule has 1 N–H and O–H groups in total. The van der Waals surface area contributed by atoms with Gasteiger partial charge in [0, 0.05) is 33.7 Å². The summed E-state index contributed by atoms with van der Waals surface area (Å²) in [5.74, 6) is 1.35. The van der Waals surface area contributed by atoms with E-state index in [1.165, 1.54) is 18.5 Å². The zero-order valence-corrected chi connectivity index (χ0v) is 19.0. The maximum atomic E-state index is 14.0. The summed E-state index contributed by atoms with van der Waals surface area (Å²) in [5, 5.41) is 4.13. The van der Waals surface area contributed by atoms with Crippen LogP contribution in [0.4, 0.5) is 21.6 Å². The Morgan fingerprint density at radius 1 is 1.19 bits per heavy atom. The van der Waals surface area contributed by atoms with Gasteiger partial charge in [-0.2, -0.15) is 4.36 Å². The van der Waals surface area contributed by atoms with E-state index < -0.39 is 9.73 Å². The minimum atomic E-state index is -2.28. The molecule has 8 heteroatoms. The van der Waals surface area contributed by atoms with Gasteiger partial charge in [0.15, 0.2) is 0 Å². The molecule has 0 saturated heterocycles. The zero-order valence-electron chi connectivity index (χ0n) is 18.2. The lowest BCUT2D eigenvalue weighted by atomic mass is 10.1. The van der Waals surface area contributed by atoms with Gasteiger partial charge in [0.1, 0.15) is 23.7 Å². The first kappa shape index (κ1) is 21.5. The molecule has 1 aromatic heterocycles. The monoisotopic (exact) mass is 442 g/mol. The molecule has 31 heavy (non-hydrogen) atoms. The fourth-order valence-corrected chi connectivity index (χ4v) is 4.65. The third-order valence-electron chi connectivity index (χ3n) is 5.38. The van der Waals surface area contributed by atoms with Gasteiger partial charge in [-0.1, -0.05) is 6.92 Å². The minimum absolute atomic E-state index is 0.0864. The average Bonchev–Trinajstić information content (AvgIpc) is 3.07. The molecule has 4 rings (SSSR count). The Morgan fingerprint density at radius 2 is 2.00 bits per heavy atom. The van der Waals surface area contributed by atoms with E-state index >= 15 is 0 Å². The topological polar surface area (TPSA) is 76.5 Å². The quantitative estimate of drug-likeness (QED) is 0.545. The molecule has 0 aliphatic heterocycles. The second kappa shape index (κ2) is 8.42. The van der Waals surface area contributed by atoms with Gasteiger partial charge in [-0.05, 0) is 61.9 Å². The lowest BCUT2D eigenvalue weighted by molar-refractivity contribution is 0.206. The van der Waals surface area contributed by atoms with Crippen LogP contribution in [0.15, 0.2) is 41.0 Å². The minimum Gasteiger partial charge on any atom is -0.488 e. The largest absolute Gasteiger partial charge is 0.488 e. The van der Waals surface area contributed by atoms with Crippen LogP contribution in [-0.2, 0) is 9.73 Å². The normalized spacial score (nSPS) is 18.9. The van der Waals surface area contributed by atoms with Crippen LogP contribution in [-0.4, -0.2) is 32.8 Å². The van der Waals surface area contributed by atoms with Crippen LogP contribution < -0.4 is 10.1 Å². The Labute approximate surface area is 182 Å². The van der Waals surface area contributed by atoms with E-state index in [9.17, 15) is 8.60 Å². The highest BCUT2D eigenvalue weighted by Gasteiger charge is 2.24. The van der Waals surface area contributed by atoms with E-state index in [1.807, 2.05) is 13.0 Å². The molecule has 0 spiro atoms. The molecule has 6 nitrogen and oxygen atoms in total. The summed E-state index contributed by atoms with van der Waals surface area (Å²) in [6.07, 6.45) is 7.80. The molecule has 2 aromatic carbocycles. The van der Waals surface area contributed by atoms with Gasteiger partial charge in [0.05, 0.1) is 23.0 Å². The molecule has 0 bridgehead atoms. The van der Waals surface area contributed by atoms with Crippen molar-refractivity contribution < 1.29 is 13.3 Å². The van der Waals surface area contributed by atoms with Crippen LogP contribution in [0.1, 0.15) is 31.7 Å². The number of hydrogen-bond acceptors (Lipinski definition) is 6. The standard InChI is InChI=1S/C23H27FN4O2S/c1-14-5-7-18(9-14)30-21-11-16(24)6-8-19(21)27-23-22-15(2)10-17(28-31(3,4)29)12-20(22)25-13-26-23/h6,8,10-14,18H,5,7,9H2,1-4H3,(H,25,26,27). The highest BCUT2D eigenvalue weighted by Crippen LogP contribution is 2.36. The van der Waals surface area contributed by atoms with Gasteiger partial charge >= 0.3 is 0 Å².